The normalized spacial score (nSPS) is 11.2. The van der Waals surface area contributed by atoms with Gasteiger partial charge in [0.2, 0.25) is 15.9 Å². The number of halogens is 4. The quantitative estimate of drug-likeness (QED) is 0.781. The van der Waals surface area contributed by atoms with Gasteiger partial charge in [-0.15, -0.1) is 0 Å². The van der Waals surface area contributed by atoms with Crippen LogP contribution in [0.15, 0.2) is 36.4 Å². The molecule has 0 spiro atoms. The summed E-state index contributed by atoms with van der Waals surface area (Å²) < 4.78 is 38.1. The third kappa shape index (κ3) is 5.22. The molecular formula is C15H12Cl3FN2O3S. The fourth-order valence-corrected chi connectivity index (χ4v) is 3.31. The Kier molecular flexibility index (Phi) is 6.16. The Balaban J connectivity index is 2.27. The summed E-state index contributed by atoms with van der Waals surface area (Å²) in [6, 6.07) is 7.82. The van der Waals surface area contributed by atoms with Crippen molar-refractivity contribution in [3.8, 4) is 0 Å². The summed E-state index contributed by atoms with van der Waals surface area (Å²) in [7, 11) is -3.82. The number of rotatable bonds is 5. The molecule has 0 atom stereocenters. The van der Waals surface area contributed by atoms with E-state index in [0.29, 0.717) is 5.02 Å². The highest BCUT2D eigenvalue weighted by atomic mass is 35.5. The monoisotopic (exact) mass is 424 g/mol. The number of carbonyl (C=O) groups excluding carboxylic acids is 1. The highest BCUT2D eigenvalue weighted by Gasteiger charge is 2.22. The second kappa shape index (κ2) is 7.78. The molecule has 25 heavy (non-hydrogen) atoms. The summed E-state index contributed by atoms with van der Waals surface area (Å²) in [4.78, 5) is 12.2. The Morgan fingerprint density at radius 3 is 2.40 bits per heavy atom. The van der Waals surface area contributed by atoms with Crippen LogP contribution >= 0.6 is 34.8 Å². The predicted octanol–water partition coefficient (Wildman–Crippen LogP) is 4.19. The zero-order valence-electron chi connectivity index (χ0n) is 12.8. The average Bonchev–Trinajstić information content (AvgIpc) is 2.50. The van der Waals surface area contributed by atoms with E-state index in [1.807, 2.05) is 0 Å². The molecule has 2 aromatic carbocycles. The molecule has 0 radical (unpaired) electrons. The van der Waals surface area contributed by atoms with Crippen LogP contribution in [0.2, 0.25) is 15.1 Å². The molecule has 0 aromatic heterocycles. The third-order valence-electron chi connectivity index (χ3n) is 3.08. The largest absolute Gasteiger partial charge is 0.323 e. The van der Waals surface area contributed by atoms with Gasteiger partial charge in [-0.2, -0.15) is 0 Å². The number of anilines is 2. The average molecular weight is 426 g/mol. The molecular weight excluding hydrogens is 414 g/mol. The molecule has 0 bridgehead atoms. The van der Waals surface area contributed by atoms with E-state index in [4.69, 9.17) is 34.8 Å². The number of nitrogens with one attached hydrogen (secondary N) is 1. The second-order valence-electron chi connectivity index (χ2n) is 5.04. The Morgan fingerprint density at radius 1 is 1.12 bits per heavy atom. The lowest BCUT2D eigenvalue weighted by Crippen LogP contribution is -2.37. The lowest BCUT2D eigenvalue weighted by molar-refractivity contribution is -0.114. The van der Waals surface area contributed by atoms with Crippen LogP contribution in [-0.4, -0.2) is 27.1 Å². The standard InChI is InChI=1S/C15H12Cl3FN2O3S/c1-25(23,24)21(10-3-5-13(19)12(18)7-10)8-15(22)20-14-6-9(16)2-4-11(14)17/h2-7H,8H2,1H3,(H,20,22). The van der Waals surface area contributed by atoms with Gasteiger partial charge in [0.1, 0.15) is 12.4 Å². The van der Waals surface area contributed by atoms with Crippen LogP contribution in [-0.2, 0) is 14.8 Å². The molecule has 0 unspecified atom stereocenters. The molecule has 1 N–H and O–H groups in total. The summed E-state index contributed by atoms with van der Waals surface area (Å²) in [5.74, 6) is -1.36. The van der Waals surface area contributed by atoms with Gasteiger partial charge in [0.05, 0.1) is 27.7 Å². The van der Waals surface area contributed by atoms with Crippen molar-refractivity contribution in [2.24, 2.45) is 0 Å². The number of benzene rings is 2. The molecule has 0 fully saturated rings. The number of hydrogen-bond donors (Lipinski definition) is 1. The smallest absolute Gasteiger partial charge is 0.245 e. The molecule has 2 rings (SSSR count). The molecule has 0 heterocycles. The minimum Gasteiger partial charge on any atom is -0.323 e. The van der Waals surface area contributed by atoms with E-state index in [2.05, 4.69) is 5.32 Å². The van der Waals surface area contributed by atoms with Gasteiger partial charge in [0, 0.05) is 5.02 Å². The van der Waals surface area contributed by atoms with Gasteiger partial charge < -0.3 is 5.32 Å². The zero-order chi connectivity index (χ0) is 18.8. The number of sulfonamides is 1. The number of amides is 1. The van der Waals surface area contributed by atoms with Gasteiger partial charge >= 0.3 is 0 Å². The topological polar surface area (TPSA) is 66.5 Å². The minimum absolute atomic E-state index is 0.0567. The third-order valence-corrected chi connectivity index (χ3v) is 5.08. The Hall–Kier alpha value is -1.54. The van der Waals surface area contributed by atoms with Gasteiger partial charge in [-0.05, 0) is 36.4 Å². The second-order valence-corrected chi connectivity index (χ2v) is 8.20. The number of carbonyl (C=O) groups is 1. The molecule has 10 heteroatoms. The van der Waals surface area contributed by atoms with Crippen molar-refractivity contribution in [1.82, 2.24) is 0 Å². The lowest BCUT2D eigenvalue weighted by atomic mass is 10.3. The highest BCUT2D eigenvalue weighted by Crippen LogP contribution is 2.27. The van der Waals surface area contributed by atoms with Crippen molar-refractivity contribution in [2.75, 3.05) is 22.4 Å². The van der Waals surface area contributed by atoms with E-state index in [1.165, 1.54) is 18.2 Å². The Morgan fingerprint density at radius 2 is 1.80 bits per heavy atom. The SMILES string of the molecule is CS(=O)(=O)N(CC(=O)Nc1cc(Cl)ccc1Cl)c1ccc(F)c(Cl)c1. The maximum absolute atomic E-state index is 13.3. The maximum atomic E-state index is 13.3. The van der Waals surface area contributed by atoms with Crippen LogP contribution < -0.4 is 9.62 Å². The minimum atomic E-state index is -3.82. The van der Waals surface area contributed by atoms with Crippen LogP contribution in [0.1, 0.15) is 0 Å². The van der Waals surface area contributed by atoms with Gasteiger partial charge in [0.25, 0.3) is 0 Å². The van der Waals surface area contributed by atoms with Gasteiger partial charge in [-0.25, -0.2) is 12.8 Å². The summed E-state index contributed by atoms with van der Waals surface area (Å²) in [5, 5.41) is 2.82. The summed E-state index contributed by atoms with van der Waals surface area (Å²) in [6.07, 6.45) is 0.921. The first kappa shape index (κ1) is 19.8. The van der Waals surface area contributed by atoms with E-state index in [-0.39, 0.29) is 21.4 Å². The van der Waals surface area contributed by atoms with Crippen molar-refractivity contribution in [3.05, 3.63) is 57.3 Å². The Bertz CT molecular complexity index is 922. The van der Waals surface area contributed by atoms with Crippen molar-refractivity contribution < 1.29 is 17.6 Å². The van der Waals surface area contributed by atoms with Gasteiger partial charge in [-0.3, -0.25) is 9.10 Å². The van der Waals surface area contributed by atoms with Crippen LogP contribution in [0, 0.1) is 5.82 Å². The molecule has 0 aliphatic rings. The van der Waals surface area contributed by atoms with E-state index in [0.717, 1.165) is 22.7 Å². The first-order chi connectivity index (χ1) is 11.6. The van der Waals surface area contributed by atoms with Crippen LogP contribution in [0.3, 0.4) is 0 Å². The van der Waals surface area contributed by atoms with Crippen LogP contribution in [0.5, 0.6) is 0 Å². The van der Waals surface area contributed by atoms with E-state index < -0.39 is 28.3 Å². The molecule has 0 aliphatic heterocycles. The van der Waals surface area contributed by atoms with Crippen LogP contribution in [0.4, 0.5) is 15.8 Å². The summed E-state index contributed by atoms with van der Waals surface area (Å²) >= 11 is 17.5. The lowest BCUT2D eigenvalue weighted by Gasteiger charge is -2.22. The zero-order valence-corrected chi connectivity index (χ0v) is 15.8. The predicted molar refractivity (Wildman–Crippen MR) is 98.7 cm³/mol. The first-order valence-corrected chi connectivity index (χ1v) is 9.74. The summed E-state index contributed by atoms with van der Waals surface area (Å²) in [6.45, 7) is -0.552. The molecule has 2 aromatic rings. The number of nitrogens with zero attached hydrogens (tertiary/aromatic N) is 1. The van der Waals surface area contributed by atoms with Crippen molar-refractivity contribution >= 4 is 62.1 Å². The molecule has 0 saturated heterocycles. The highest BCUT2D eigenvalue weighted by molar-refractivity contribution is 7.92. The maximum Gasteiger partial charge on any atom is 0.245 e. The van der Waals surface area contributed by atoms with E-state index >= 15 is 0 Å². The molecule has 0 saturated carbocycles. The molecule has 134 valence electrons. The van der Waals surface area contributed by atoms with Gasteiger partial charge in [0.15, 0.2) is 0 Å². The number of hydrogen-bond acceptors (Lipinski definition) is 3. The van der Waals surface area contributed by atoms with Crippen molar-refractivity contribution in [3.63, 3.8) is 0 Å². The molecule has 1 amide bonds. The fourth-order valence-electron chi connectivity index (χ4n) is 1.95. The fraction of sp³-hybridized carbons (Fsp3) is 0.133. The molecule has 0 aliphatic carbocycles. The van der Waals surface area contributed by atoms with Gasteiger partial charge in [-0.1, -0.05) is 34.8 Å². The first-order valence-electron chi connectivity index (χ1n) is 6.75. The molecule has 5 nitrogen and oxygen atoms in total. The van der Waals surface area contributed by atoms with E-state index in [1.54, 1.807) is 6.07 Å². The van der Waals surface area contributed by atoms with Crippen molar-refractivity contribution in [1.29, 1.82) is 0 Å². The Labute approximate surface area is 159 Å². The van der Waals surface area contributed by atoms with Crippen molar-refractivity contribution in [2.45, 2.75) is 0 Å². The summed E-state index contributed by atoms with van der Waals surface area (Å²) in [5.41, 5.74) is 0.297. The van der Waals surface area contributed by atoms with Crippen LogP contribution in [0.25, 0.3) is 0 Å². The van der Waals surface area contributed by atoms with E-state index in [9.17, 15) is 17.6 Å².